The monoisotopic (exact) mass is 322 g/mol. The molecule has 3 heterocycles. The molecule has 3 aromatic rings. The Balaban J connectivity index is 1.51. The molecule has 1 N–H and O–H groups in total. The van der Waals surface area contributed by atoms with Gasteiger partial charge in [0.1, 0.15) is 0 Å². The maximum Gasteiger partial charge on any atom is 0.252 e. The summed E-state index contributed by atoms with van der Waals surface area (Å²) in [4.78, 5) is 17.6. The van der Waals surface area contributed by atoms with Crippen molar-refractivity contribution < 1.29 is 0 Å². The Bertz CT molecular complexity index is 963. The van der Waals surface area contributed by atoms with Crippen LogP contribution in [0.2, 0.25) is 0 Å². The third-order valence-electron chi connectivity index (χ3n) is 4.80. The number of likely N-dealkylation sites (tertiary alicyclic amines) is 1. The molecule has 0 radical (unpaired) electrons. The van der Waals surface area contributed by atoms with E-state index in [1.54, 1.807) is 0 Å². The Kier molecular flexibility index (Phi) is 3.53. The maximum atomic E-state index is 12.3. The van der Waals surface area contributed by atoms with Crippen LogP contribution in [0.4, 0.5) is 0 Å². The fraction of sp³-hybridized carbons (Fsp3) is 0.368. The molecule has 1 fully saturated rings. The van der Waals surface area contributed by atoms with Gasteiger partial charge in [0.25, 0.3) is 5.56 Å². The molecule has 5 nitrogen and oxygen atoms in total. The Labute approximate surface area is 140 Å². The lowest BCUT2D eigenvalue weighted by molar-refractivity contribution is 0.0890. The average molecular weight is 322 g/mol. The Morgan fingerprint density at radius 2 is 1.96 bits per heavy atom. The second kappa shape index (κ2) is 5.60. The maximum absolute atomic E-state index is 12.3. The quantitative estimate of drug-likeness (QED) is 0.806. The van der Waals surface area contributed by atoms with Gasteiger partial charge in [-0.25, -0.2) is 0 Å². The van der Waals surface area contributed by atoms with E-state index in [2.05, 4.69) is 45.6 Å². The molecule has 1 aromatic carbocycles. The summed E-state index contributed by atoms with van der Waals surface area (Å²) in [5.74, 6) is 0. The Morgan fingerprint density at radius 3 is 2.67 bits per heavy atom. The number of hydrogen-bond acceptors (Lipinski definition) is 3. The topological polar surface area (TPSA) is 53.9 Å². The van der Waals surface area contributed by atoms with Crippen LogP contribution in [0, 0.1) is 20.8 Å². The van der Waals surface area contributed by atoms with E-state index in [9.17, 15) is 4.79 Å². The van der Waals surface area contributed by atoms with Gasteiger partial charge in [-0.05, 0) is 50.4 Å². The van der Waals surface area contributed by atoms with Gasteiger partial charge >= 0.3 is 0 Å². The number of benzene rings is 1. The highest BCUT2D eigenvalue weighted by Gasteiger charge is 2.30. The highest BCUT2D eigenvalue weighted by molar-refractivity contribution is 5.79. The van der Waals surface area contributed by atoms with Crippen LogP contribution in [0.15, 0.2) is 35.1 Å². The van der Waals surface area contributed by atoms with Gasteiger partial charge in [0.15, 0.2) is 0 Å². The van der Waals surface area contributed by atoms with Gasteiger partial charge in [-0.1, -0.05) is 11.6 Å². The molecule has 0 saturated carbocycles. The molecule has 0 bridgehead atoms. The highest BCUT2D eigenvalue weighted by atomic mass is 16.1. The molecule has 1 aliphatic heterocycles. The predicted octanol–water partition coefficient (Wildman–Crippen LogP) is 2.71. The number of hydrogen-bond donors (Lipinski definition) is 1. The fourth-order valence-corrected chi connectivity index (χ4v) is 3.57. The molecule has 0 aliphatic carbocycles. The zero-order chi connectivity index (χ0) is 16.8. The van der Waals surface area contributed by atoms with E-state index < -0.39 is 0 Å². The molecule has 5 heteroatoms. The molecule has 0 spiro atoms. The van der Waals surface area contributed by atoms with Gasteiger partial charge in [-0.3, -0.25) is 14.4 Å². The van der Waals surface area contributed by atoms with Crippen molar-refractivity contribution in [1.29, 1.82) is 0 Å². The molecule has 124 valence electrons. The minimum absolute atomic E-state index is 0.0147. The lowest BCUT2D eigenvalue weighted by Gasteiger charge is -2.39. The number of aromatic nitrogens is 3. The van der Waals surface area contributed by atoms with Crippen molar-refractivity contribution in [2.24, 2.45) is 0 Å². The number of fused-ring (bicyclic) bond motifs is 1. The van der Waals surface area contributed by atoms with Gasteiger partial charge < -0.3 is 4.98 Å². The van der Waals surface area contributed by atoms with E-state index >= 15 is 0 Å². The zero-order valence-corrected chi connectivity index (χ0v) is 14.3. The van der Waals surface area contributed by atoms with Crippen LogP contribution in [0.5, 0.6) is 0 Å². The summed E-state index contributed by atoms with van der Waals surface area (Å²) in [5, 5.41) is 5.66. The fourth-order valence-electron chi connectivity index (χ4n) is 3.57. The number of aromatic amines is 1. The minimum Gasteiger partial charge on any atom is -0.322 e. The smallest absolute Gasteiger partial charge is 0.252 e. The summed E-state index contributed by atoms with van der Waals surface area (Å²) in [6.07, 6.45) is 0. The van der Waals surface area contributed by atoms with E-state index in [1.807, 2.05) is 25.1 Å². The first-order valence-corrected chi connectivity index (χ1v) is 8.37. The lowest BCUT2D eigenvalue weighted by atomic mass is 10.1. The third-order valence-corrected chi connectivity index (χ3v) is 4.80. The van der Waals surface area contributed by atoms with Gasteiger partial charge in [0, 0.05) is 36.4 Å². The average Bonchev–Trinajstić information content (AvgIpc) is 2.81. The number of rotatable bonds is 3. The number of pyridine rings is 1. The van der Waals surface area contributed by atoms with E-state index in [1.165, 1.54) is 11.3 Å². The van der Waals surface area contributed by atoms with Crippen molar-refractivity contribution >= 4 is 10.9 Å². The SMILES string of the molecule is Cc1ccc2[nH]c(=O)c(CN3CC(n4nc(C)cc4C)C3)cc2c1. The van der Waals surface area contributed by atoms with Crippen LogP contribution < -0.4 is 5.56 Å². The largest absolute Gasteiger partial charge is 0.322 e. The molecule has 1 aliphatic rings. The summed E-state index contributed by atoms with van der Waals surface area (Å²) in [6, 6.07) is 10.7. The van der Waals surface area contributed by atoms with E-state index in [0.717, 1.165) is 35.2 Å². The summed E-state index contributed by atoms with van der Waals surface area (Å²) in [6.45, 7) is 8.75. The number of nitrogens with one attached hydrogen (secondary N) is 1. The van der Waals surface area contributed by atoms with E-state index in [-0.39, 0.29) is 5.56 Å². The number of H-pyrrole nitrogens is 1. The molecular weight excluding hydrogens is 300 g/mol. The first-order valence-electron chi connectivity index (χ1n) is 8.37. The zero-order valence-electron chi connectivity index (χ0n) is 14.3. The minimum atomic E-state index is 0.0147. The Hall–Kier alpha value is -2.40. The third kappa shape index (κ3) is 2.65. The molecule has 4 rings (SSSR count). The summed E-state index contributed by atoms with van der Waals surface area (Å²) in [7, 11) is 0. The van der Waals surface area contributed by atoms with Gasteiger partial charge in [-0.2, -0.15) is 5.10 Å². The first kappa shape index (κ1) is 15.1. The molecule has 1 saturated heterocycles. The highest BCUT2D eigenvalue weighted by Crippen LogP contribution is 2.24. The second-order valence-corrected chi connectivity index (χ2v) is 6.93. The summed E-state index contributed by atoms with van der Waals surface area (Å²) < 4.78 is 2.11. The first-order chi connectivity index (χ1) is 11.5. The molecular formula is C19H22N4O. The molecule has 0 atom stereocenters. The lowest BCUT2D eigenvalue weighted by Crippen LogP contribution is -2.48. The number of nitrogens with zero attached hydrogens (tertiary/aromatic N) is 3. The predicted molar refractivity (Wildman–Crippen MR) is 95.3 cm³/mol. The molecule has 0 amide bonds. The summed E-state index contributed by atoms with van der Waals surface area (Å²) in [5.41, 5.74) is 5.22. The molecule has 0 unspecified atom stereocenters. The van der Waals surface area contributed by atoms with Crippen molar-refractivity contribution in [3.63, 3.8) is 0 Å². The van der Waals surface area contributed by atoms with Crippen LogP contribution in [-0.2, 0) is 6.54 Å². The van der Waals surface area contributed by atoms with Crippen LogP contribution >= 0.6 is 0 Å². The van der Waals surface area contributed by atoms with Crippen molar-refractivity contribution in [3.8, 4) is 0 Å². The molecule has 2 aromatic heterocycles. The van der Waals surface area contributed by atoms with Crippen molar-refractivity contribution in [2.75, 3.05) is 13.1 Å². The second-order valence-electron chi connectivity index (χ2n) is 6.93. The van der Waals surface area contributed by atoms with Crippen molar-refractivity contribution in [3.05, 3.63) is 63.2 Å². The van der Waals surface area contributed by atoms with Crippen LogP contribution in [0.3, 0.4) is 0 Å². The Morgan fingerprint density at radius 1 is 1.17 bits per heavy atom. The van der Waals surface area contributed by atoms with Gasteiger partial charge in [0.05, 0.1) is 11.7 Å². The summed E-state index contributed by atoms with van der Waals surface area (Å²) >= 11 is 0. The number of aryl methyl sites for hydroxylation is 3. The van der Waals surface area contributed by atoms with Crippen LogP contribution in [0.1, 0.15) is 28.6 Å². The van der Waals surface area contributed by atoms with E-state index in [4.69, 9.17) is 0 Å². The van der Waals surface area contributed by atoms with Crippen molar-refractivity contribution in [2.45, 2.75) is 33.4 Å². The van der Waals surface area contributed by atoms with Crippen LogP contribution in [-0.4, -0.2) is 32.8 Å². The van der Waals surface area contributed by atoms with E-state index in [0.29, 0.717) is 12.6 Å². The normalized spacial score (nSPS) is 15.8. The standard InChI is InChI=1S/C19H22N4O/c1-12-4-5-18-15(6-12)8-16(19(24)20-18)9-22-10-17(11-22)23-14(3)7-13(2)21-23/h4-8,17H,9-11H2,1-3H3,(H,20,24). The molecule has 24 heavy (non-hydrogen) atoms. The van der Waals surface area contributed by atoms with Gasteiger partial charge in [0.2, 0.25) is 0 Å². The van der Waals surface area contributed by atoms with Gasteiger partial charge in [-0.15, -0.1) is 0 Å². The van der Waals surface area contributed by atoms with Crippen molar-refractivity contribution in [1.82, 2.24) is 19.7 Å². The van der Waals surface area contributed by atoms with Crippen LogP contribution in [0.25, 0.3) is 10.9 Å².